The van der Waals surface area contributed by atoms with Crippen LogP contribution >= 0.6 is 0 Å². The van der Waals surface area contributed by atoms with E-state index < -0.39 is 0 Å². The van der Waals surface area contributed by atoms with Crippen LogP contribution in [0.25, 0.3) is 0 Å². The Labute approximate surface area is 119 Å². The second-order valence-corrected chi connectivity index (χ2v) is 5.25. The van der Waals surface area contributed by atoms with E-state index in [1.54, 1.807) is 6.07 Å². The first kappa shape index (κ1) is 14.9. The summed E-state index contributed by atoms with van der Waals surface area (Å²) in [5.74, 6) is -0.118. The summed E-state index contributed by atoms with van der Waals surface area (Å²) in [6.45, 7) is 5.47. The summed E-state index contributed by atoms with van der Waals surface area (Å²) in [4.78, 5) is 12.5. The highest BCUT2D eigenvalue weighted by Crippen LogP contribution is 2.20. The van der Waals surface area contributed by atoms with Crippen LogP contribution in [-0.2, 0) is 11.2 Å². The maximum absolute atomic E-state index is 12.5. The molecule has 6 nitrogen and oxygen atoms in total. The highest BCUT2D eigenvalue weighted by molar-refractivity contribution is 5.95. The molecule has 1 amide bonds. The van der Waals surface area contributed by atoms with Crippen molar-refractivity contribution in [2.24, 2.45) is 5.73 Å². The van der Waals surface area contributed by atoms with E-state index in [0.29, 0.717) is 37.4 Å². The number of nitrogens with one attached hydrogen (secondary N) is 1. The van der Waals surface area contributed by atoms with Crippen molar-refractivity contribution < 1.29 is 9.53 Å². The van der Waals surface area contributed by atoms with Crippen LogP contribution in [0.5, 0.6) is 0 Å². The molecule has 0 bridgehead atoms. The van der Waals surface area contributed by atoms with E-state index in [1.807, 2.05) is 13.8 Å². The number of hydrogen-bond donors (Lipinski definition) is 2. The molecule has 0 saturated carbocycles. The van der Waals surface area contributed by atoms with Crippen molar-refractivity contribution in [1.29, 1.82) is 0 Å². The summed E-state index contributed by atoms with van der Waals surface area (Å²) in [6, 6.07) is 1.78. The average Bonchev–Trinajstić information content (AvgIpc) is 2.48. The number of nitrogens with zero attached hydrogens (tertiary/aromatic N) is 2. The van der Waals surface area contributed by atoms with E-state index in [9.17, 15) is 4.79 Å². The summed E-state index contributed by atoms with van der Waals surface area (Å²) < 4.78 is 5.35. The Morgan fingerprint density at radius 1 is 1.45 bits per heavy atom. The summed E-state index contributed by atoms with van der Waals surface area (Å²) in [7, 11) is 0. The number of aryl methyl sites for hydroxylation is 2. The number of carbonyl (C=O) groups is 1. The van der Waals surface area contributed by atoms with Gasteiger partial charge in [0, 0.05) is 19.8 Å². The predicted molar refractivity (Wildman–Crippen MR) is 75.5 cm³/mol. The van der Waals surface area contributed by atoms with Gasteiger partial charge in [-0.15, -0.1) is 0 Å². The molecule has 0 aromatic carbocycles. The molecule has 2 heterocycles. The molecular formula is C14H22N4O2. The van der Waals surface area contributed by atoms with Gasteiger partial charge in [-0.05, 0) is 32.3 Å². The molecule has 1 saturated heterocycles. The second kappa shape index (κ2) is 6.28. The monoisotopic (exact) mass is 278 g/mol. The van der Waals surface area contributed by atoms with Crippen LogP contribution in [0.15, 0.2) is 6.07 Å². The summed E-state index contributed by atoms with van der Waals surface area (Å²) in [6.07, 6.45) is 2.16. The lowest BCUT2D eigenvalue weighted by molar-refractivity contribution is 0.0388. The van der Waals surface area contributed by atoms with Gasteiger partial charge in [-0.3, -0.25) is 4.79 Å². The fourth-order valence-corrected chi connectivity index (χ4v) is 2.42. The second-order valence-electron chi connectivity index (χ2n) is 5.25. The van der Waals surface area contributed by atoms with Crippen LogP contribution < -0.4 is 11.1 Å². The van der Waals surface area contributed by atoms with E-state index in [2.05, 4.69) is 15.5 Å². The zero-order chi connectivity index (χ0) is 14.6. The first-order valence-electron chi connectivity index (χ1n) is 7.04. The van der Waals surface area contributed by atoms with Gasteiger partial charge in [0.2, 0.25) is 0 Å². The highest BCUT2D eigenvalue weighted by Gasteiger charge is 2.33. The molecule has 20 heavy (non-hydrogen) atoms. The first-order chi connectivity index (χ1) is 9.60. The smallest absolute Gasteiger partial charge is 0.253 e. The number of rotatable bonds is 4. The lowest BCUT2D eigenvalue weighted by atomic mass is 9.89. The highest BCUT2D eigenvalue weighted by atomic mass is 16.5. The Bertz CT molecular complexity index is 484. The molecule has 0 atom stereocenters. The van der Waals surface area contributed by atoms with E-state index in [4.69, 9.17) is 10.5 Å². The molecule has 0 unspecified atom stereocenters. The van der Waals surface area contributed by atoms with E-state index >= 15 is 0 Å². The van der Waals surface area contributed by atoms with Crippen LogP contribution in [0.4, 0.5) is 0 Å². The van der Waals surface area contributed by atoms with Gasteiger partial charge in [-0.25, -0.2) is 0 Å². The fraction of sp³-hybridized carbons (Fsp3) is 0.643. The Kier molecular flexibility index (Phi) is 4.67. The van der Waals surface area contributed by atoms with Gasteiger partial charge in [0.05, 0.1) is 22.5 Å². The number of ether oxygens (including phenoxy) is 1. The third kappa shape index (κ3) is 3.13. The Balaban J connectivity index is 2.20. The minimum absolute atomic E-state index is 0.118. The van der Waals surface area contributed by atoms with E-state index in [-0.39, 0.29) is 11.4 Å². The van der Waals surface area contributed by atoms with Crippen LogP contribution in [0.3, 0.4) is 0 Å². The molecule has 0 spiro atoms. The number of aromatic nitrogens is 2. The maximum atomic E-state index is 12.5. The van der Waals surface area contributed by atoms with E-state index in [0.717, 1.165) is 18.5 Å². The molecule has 0 aliphatic carbocycles. The van der Waals surface area contributed by atoms with Gasteiger partial charge in [0.25, 0.3) is 5.91 Å². The molecule has 1 fully saturated rings. The Morgan fingerprint density at radius 3 is 2.75 bits per heavy atom. The molecule has 3 N–H and O–H groups in total. The van der Waals surface area contributed by atoms with E-state index in [1.165, 1.54) is 0 Å². The zero-order valence-corrected chi connectivity index (χ0v) is 12.1. The number of carbonyl (C=O) groups excluding carboxylic acids is 1. The zero-order valence-electron chi connectivity index (χ0n) is 12.1. The van der Waals surface area contributed by atoms with Gasteiger partial charge in [0.15, 0.2) is 0 Å². The van der Waals surface area contributed by atoms with Crippen molar-refractivity contribution >= 4 is 5.91 Å². The van der Waals surface area contributed by atoms with Crippen LogP contribution in [0, 0.1) is 6.92 Å². The van der Waals surface area contributed by atoms with Crippen molar-refractivity contribution in [2.75, 3.05) is 19.8 Å². The average molecular weight is 278 g/mol. The van der Waals surface area contributed by atoms with Crippen molar-refractivity contribution in [3.05, 3.63) is 23.0 Å². The summed E-state index contributed by atoms with van der Waals surface area (Å²) in [5.41, 5.74) is 7.55. The fourth-order valence-electron chi connectivity index (χ4n) is 2.42. The SMILES string of the molecule is CCc1nnc(C)cc1C(=O)NC1(CN)CCOCC1. The molecule has 110 valence electrons. The molecule has 1 aliphatic heterocycles. The van der Waals surface area contributed by atoms with Gasteiger partial charge >= 0.3 is 0 Å². The van der Waals surface area contributed by atoms with Gasteiger partial charge < -0.3 is 15.8 Å². The molecule has 2 rings (SSSR count). The lowest BCUT2D eigenvalue weighted by Crippen LogP contribution is -2.56. The standard InChI is InChI=1S/C14H22N4O2/c1-3-12-11(8-10(2)17-18-12)13(19)16-14(9-15)4-6-20-7-5-14/h8H,3-7,9,15H2,1-2H3,(H,16,19). The first-order valence-corrected chi connectivity index (χ1v) is 7.04. The molecule has 6 heteroatoms. The molecule has 0 radical (unpaired) electrons. The molecule has 1 aromatic heterocycles. The third-order valence-electron chi connectivity index (χ3n) is 3.79. The Hall–Kier alpha value is -1.53. The minimum atomic E-state index is -0.364. The number of amides is 1. The quantitative estimate of drug-likeness (QED) is 0.841. The minimum Gasteiger partial charge on any atom is -0.381 e. The maximum Gasteiger partial charge on any atom is 0.253 e. The Morgan fingerprint density at radius 2 is 2.15 bits per heavy atom. The van der Waals surface area contributed by atoms with Gasteiger partial charge in [-0.2, -0.15) is 10.2 Å². The van der Waals surface area contributed by atoms with Gasteiger partial charge in [-0.1, -0.05) is 6.92 Å². The molecule has 1 aromatic rings. The summed E-state index contributed by atoms with van der Waals surface area (Å²) in [5, 5.41) is 11.2. The predicted octanol–water partition coefficient (Wildman–Crippen LogP) is 0.585. The van der Waals surface area contributed by atoms with Crippen molar-refractivity contribution in [1.82, 2.24) is 15.5 Å². The van der Waals surface area contributed by atoms with Crippen LogP contribution in [-0.4, -0.2) is 41.4 Å². The van der Waals surface area contributed by atoms with Crippen molar-refractivity contribution in [3.8, 4) is 0 Å². The molecule has 1 aliphatic rings. The summed E-state index contributed by atoms with van der Waals surface area (Å²) >= 11 is 0. The number of nitrogens with two attached hydrogens (primary N) is 1. The third-order valence-corrected chi connectivity index (χ3v) is 3.79. The topological polar surface area (TPSA) is 90.1 Å². The molecular weight excluding hydrogens is 256 g/mol. The normalized spacial score (nSPS) is 17.8. The van der Waals surface area contributed by atoms with Crippen LogP contribution in [0.2, 0.25) is 0 Å². The number of hydrogen-bond acceptors (Lipinski definition) is 5. The largest absolute Gasteiger partial charge is 0.381 e. The van der Waals surface area contributed by atoms with Gasteiger partial charge in [0.1, 0.15) is 0 Å². The van der Waals surface area contributed by atoms with Crippen LogP contribution in [0.1, 0.15) is 41.5 Å². The lowest BCUT2D eigenvalue weighted by Gasteiger charge is -2.37. The van der Waals surface area contributed by atoms with Crippen molar-refractivity contribution in [2.45, 2.75) is 38.6 Å². The van der Waals surface area contributed by atoms with Crippen molar-refractivity contribution in [3.63, 3.8) is 0 Å².